The van der Waals surface area contributed by atoms with E-state index < -0.39 is 28.6 Å². The van der Waals surface area contributed by atoms with Gasteiger partial charge in [-0.05, 0) is 30.7 Å². The molecular formula is C12H17NO6S. The zero-order valence-electron chi connectivity index (χ0n) is 10.9. The first-order chi connectivity index (χ1) is 9.40. The maximum atomic E-state index is 11.9. The molecule has 1 atom stereocenters. The average Bonchev–Trinajstić information content (AvgIpc) is 2.42. The van der Waals surface area contributed by atoms with Crippen LogP contribution in [0.3, 0.4) is 0 Å². The van der Waals surface area contributed by atoms with Crippen LogP contribution in [0.1, 0.15) is 13.3 Å². The summed E-state index contributed by atoms with van der Waals surface area (Å²) in [5.41, 5.74) is 0. The molecule has 0 aromatic heterocycles. The molecule has 112 valence electrons. The van der Waals surface area contributed by atoms with E-state index in [0.717, 1.165) is 6.42 Å². The molecule has 0 radical (unpaired) electrons. The predicted molar refractivity (Wildman–Crippen MR) is 71.1 cm³/mol. The van der Waals surface area contributed by atoms with Gasteiger partial charge in [-0.15, -0.1) is 0 Å². The van der Waals surface area contributed by atoms with Gasteiger partial charge >= 0.3 is 5.97 Å². The summed E-state index contributed by atoms with van der Waals surface area (Å²) in [6, 6.07) is 4.02. The molecule has 0 fully saturated rings. The molecule has 0 amide bonds. The Kier molecular flexibility index (Phi) is 5.93. The maximum Gasteiger partial charge on any atom is 0.324 e. The van der Waals surface area contributed by atoms with Crippen molar-refractivity contribution < 1.29 is 28.2 Å². The number of carboxylic acids is 1. The second-order valence-electron chi connectivity index (χ2n) is 4.01. The van der Waals surface area contributed by atoms with Gasteiger partial charge in [0.2, 0.25) is 10.0 Å². The van der Waals surface area contributed by atoms with E-state index in [4.69, 9.17) is 14.9 Å². The molecule has 1 unspecified atom stereocenters. The van der Waals surface area contributed by atoms with E-state index in [9.17, 15) is 13.2 Å². The first-order valence-electron chi connectivity index (χ1n) is 5.99. The van der Waals surface area contributed by atoms with Crippen LogP contribution in [-0.2, 0) is 14.8 Å². The van der Waals surface area contributed by atoms with Crippen molar-refractivity contribution in [1.29, 1.82) is 0 Å². The van der Waals surface area contributed by atoms with E-state index in [-0.39, 0.29) is 4.90 Å². The van der Waals surface area contributed by atoms with E-state index in [0.29, 0.717) is 12.4 Å². The highest BCUT2D eigenvalue weighted by molar-refractivity contribution is 7.89. The van der Waals surface area contributed by atoms with Crippen molar-refractivity contribution in [3.05, 3.63) is 24.3 Å². The second-order valence-corrected chi connectivity index (χ2v) is 5.73. The predicted octanol–water partition coefficient (Wildman–Crippen LogP) is 0.199. The summed E-state index contributed by atoms with van der Waals surface area (Å²) in [4.78, 5) is 10.6. The third kappa shape index (κ3) is 4.48. The standard InChI is InChI=1S/C12H17NO6S/c1-2-7-19-9-3-5-10(6-4-9)20(17,18)13-11(8-14)12(15)16/h3-6,11,13-14H,2,7-8H2,1H3,(H,15,16). The van der Waals surface area contributed by atoms with Crippen molar-refractivity contribution in [3.8, 4) is 5.75 Å². The number of aliphatic carboxylic acids is 1. The number of carboxylic acid groups (broad SMARTS) is 1. The topological polar surface area (TPSA) is 113 Å². The molecule has 20 heavy (non-hydrogen) atoms. The molecule has 8 heteroatoms. The molecule has 0 aliphatic rings. The quantitative estimate of drug-likeness (QED) is 0.632. The van der Waals surface area contributed by atoms with Crippen LogP contribution in [0.4, 0.5) is 0 Å². The number of benzene rings is 1. The fourth-order valence-electron chi connectivity index (χ4n) is 1.36. The highest BCUT2D eigenvalue weighted by Gasteiger charge is 2.24. The van der Waals surface area contributed by atoms with Crippen LogP contribution in [0, 0.1) is 0 Å². The van der Waals surface area contributed by atoms with Gasteiger partial charge in [0.25, 0.3) is 0 Å². The van der Waals surface area contributed by atoms with E-state index >= 15 is 0 Å². The van der Waals surface area contributed by atoms with Crippen molar-refractivity contribution in [2.24, 2.45) is 0 Å². The lowest BCUT2D eigenvalue weighted by Gasteiger charge is -2.12. The largest absolute Gasteiger partial charge is 0.494 e. The summed E-state index contributed by atoms with van der Waals surface area (Å²) in [7, 11) is -4.00. The van der Waals surface area contributed by atoms with E-state index in [1.807, 2.05) is 11.6 Å². The molecule has 3 N–H and O–H groups in total. The molecule has 1 rings (SSSR count). The molecule has 0 aliphatic carbocycles. The van der Waals surface area contributed by atoms with E-state index in [1.54, 1.807) is 0 Å². The number of hydrogen-bond donors (Lipinski definition) is 3. The smallest absolute Gasteiger partial charge is 0.324 e. The van der Waals surface area contributed by atoms with Gasteiger partial charge in [-0.3, -0.25) is 4.79 Å². The summed E-state index contributed by atoms with van der Waals surface area (Å²) in [5, 5.41) is 17.5. The number of nitrogens with one attached hydrogen (secondary N) is 1. The van der Waals surface area contributed by atoms with Gasteiger partial charge in [0.1, 0.15) is 11.8 Å². The Balaban J connectivity index is 2.84. The number of ether oxygens (including phenoxy) is 1. The summed E-state index contributed by atoms with van der Waals surface area (Å²) < 4.78 is 31.0. The van der Waals surface area contributed by atoms with Crippen LogP contribution in [-0.4, -0.2) is 43.9 Å². The normalized spacial score (nSPS) is 12.9. The number of aliphatic hydroxyl groups excluding tert-OH is 1. The Morgan fingerprint density at radius 2 is 1.95 bits per heavy atom. The molecule has 0 saturated carbocycles. The SMILES string of the molecule is CCCOc1ccc(S(=O)(=O)NC(CO)C(=O)O)cc1. The van der Waals surface area contributed by atoms with Gasteiger partial charge in [0, 0.05) is 0 Å². The summed E-state index contributed by atoms with van der Waals surface area (Å²) in [6.45, 7) is 1.64. The van der Waals surface area contributed by atoms with Crippen LogP contribution >= 0.6 is 0 Å². The molecule has 1 aromatic rings. The Labute approximate surface area is 117 Å². The maximum absolute atomic E-state index is 11.9. The third-order valence-electron chi connectivity index (χ3n) is 2.38. The van der Waals surface area contributed by atoms with Crippen LogP contribution in [0.15, 0.2) is 29.2 Å². The van der Waals surface area contributed by atoms with Crippen molar-refractivity contribution in [2.45, 2.75) is 24.3 Å². The highest BCUT2D eigenvalue weighted by Crippen LogP contribution is 2.16. The fourth-order valence-corrected chi connectivity index (χ4v) is 2.54. The minimum atomic E-state index is -4.00. The summed E-state index contributed by atoms with van der Waals surface area (Å²) >= 11 is 0. The molecule has 0 spiro atoms. The Bertz CT molecular complexity index is 540. The zero-order valence-corrected chi connectivity index (χ0v) is 11.8. The van der Waals surface area contributed by atoms with Gasteiger partial charge in [-0.1, -0.05) is 6.92 Å². The molecule has 7 nitrogen and oxygen atoms in total. The number of aliphatic hydroxyl groups is 1. The van der Waals surface area contributed by atoms with Crippen LogP contribution in [0.5, 0.6) is 5.75 Å². The van der Waals surface area contributed by atoms with E-state index in [1.165, 1.54) is 24.3 Å². The lowest BCUT2D eigenvalue weighted by molar-refractivity contribution is -0.139. The summed E-state index contributed by atoms with van der Waals surface area (Å²) in [6.07, 6.45) is 0.832. The van der Waals surface area contributed by atoms with Crippen LogP contribution in [0.2, 0.25) is 0 Å². The minimum absolute atomic E-state index is 0.0963. The molecule has 0 bridgehead atoms. The van der Waals surface area contributed by atoms with Gasteiger partial charge < -0.3 is 14.9 Å². The minimum Gasteiger partial charge on any atom is -0.494 e. The Morgan fingerprint density at radius 3 is 2.40 bits per heavy atom. The molecule has 0 aliphatic heterocycles. The number of sulfonamides is 1. The highest BCUT2D eigenvalue weighted by atomic mass is 32.2. The number of carbonyl (C=O) groups is 1. The molecule has 1 aromatic carbocycles. The van der Waals surface area contributed by atoms with Gasteiger partial charge in [-0.25, -0.2) is 8.42 Å². The number of hydrogen-bond acceptors (Lipinski definition) is 5. The Hall–Kier alpha value is -1.64. The van der Waals surface area contributed by atoms with Crippen molar-refractivity contribution in [2.75, 3.05) is 13.2 Å². The van der Waals surface area contributed by atoms with Gasteiger partial charge in [-0.2, -0.15) is 4.72 Å². The fraction of sp³-hybridized carbons (Fsp3) is 0.417. The molecular weight excluding hydrogens is 286 g/mol. The van der Waals surface area contributed by atoms with Crippen molar-refractivity contribution >= 4 is 16.0 Å². The van der Waals surface area contributed by atoms with Crippen LogP contribution < -0.4 is 9.46 Å². The average molecular weight is 303 g/mol. The van der Waals surface area contributed by atoms with Gasteiger partial charge in [0.05, 0.1) is 18.1 Å². The number of rotatable bonds is 8. The van der Waals surface area contributed by atoms with Crippen molar-refractivity contribution in [1.82, 2.24) is 4.72 Å². The molecule has 0 heterocycles. The molecule has 0 saturated heterocycles. The first kappa shape index (κ1) is 16.4. The van der Waals surface area contributed by atoms with Crippen LogP contribution in [0.25, 0.3) is 0 Å². The lowest BCUT2D eigenvalue weighted by Crippen LogP contribution is -2.43. The van der Waals surface area contributed by atoms with E-state index in [2.05, 4.69) is 0 Å². The third-order valence-corrected chi connectivity index (χ3v) is 3.87. The monoisotopic (exact) mass is 303 g/mol. The summed E-state index contributed by atoms with van der Waals surface area (Å²) in [5.74, 6) is -0.915. The van der Waals surface area contributed by atoms with Gasteiger partial charge in [0.15, 0.2) is 0 Å². The van der Waals surface area contributed by atoms with Crippen molar-refractivity contribution in [3.63, 3.8) is 0 Å². The Morgan fingerprint density at radius 1 is 1.35 bits per heavy atom. The first-order valence-corrected chi connectivity index (χ1v) is 7.48. The lowest BCUT2D eigenvalue weighted by atomic mass is 10.3. The second kappa shape index (κ2) is 7.22. The zero-order chi connectivity index (χ0) is 15.2.